The molecule has 1 heterocycles. The number of carbonyl (C=O) groups is 1. The monoisotopic (exact) mass is 323 g/mol. The molecule has 0 spiro atoms. The van der Waals surface area contributed by atoms with E-state index in [0.717, 1.165) is 5.56 Å². The molecule has 0 aliphatic heterocycles. The molecule has 3 N–H and O–H groups in total. The first-order valence-corrected chi connectivity index (χ1v) is 6.24. The molecule has 0 saturated heterocycles. The number of carbonyl (C=O) groups excluding carboxylic acids is 1. The van der Waals surface area contributed by atoms with Crippen LogP contribution >= 0.6 is 15.9 Å². The van der Waals surface area contributed by atoms with Crippen LogP contribution in [0.1, 0.15) is 15.9 Å². The molecule has 98 valence electrons. The molecule has 0 aliphatic carbocycles. The summed E-state index contributed by atoms with van der Waals surface area (Å²) >= 11 is 3.14. The molecular formula is C13H11BrFN3O. The van der Waals surface area contributed by atoms with E-state index in [1.807, 2.05) is 6.92 Å². The molecule has 6 heteroatoms. The van der Waals surface area contributed by atoms with Gasteiger partial charge in [-0.15, -0.1) is 0 Å². The Morgan fingerprint density at radius 2 is 2.11 bits per heavy atom. The van der Waals surface area contributed by atoms with Gasteiger partial charge in [-0.1, -0.05) is 0 Å². The third-order valence-corrected chi connectivity index (χ3v) is 3.12. The molecule has 1 aromatic carbocycles. The molecule has 0 saturated carbocycles. The van der Waals surface area contributed by atoms with Crippen LogP contribution in [0, 0.1) is 12.7 Å². The Labute approximate surface area is 118 Å². The van der Waals surface area contributed by atoms with Crippen LogP contribution in [-0.4, -0.2) is 10.9 Å². The lowest BCUT2D eigenvalue weighted by atomic mass is 10.1. The summed E-state index contributed by atoms with van der Waals surface area (Å²) in [6.45, 7) is 1.87. The van der Waals surface area contributed by atoms with Crippen molar-refractivity contribution >= 4 is 33.2 Å². The van der Waals surface area contributed by atoms with Gasteiger partial charge in [0.05, 0.1) is 23.1 Å². The summed E-state index contributed by atoms with van der Waals surface area (Å²) in [5.74, 6) is -0.952. The maximum absolute atomic E-state index is 13.2. The van der Waals surface area contributed by atoms with Crippen molar-refractivity contribution in [2.75, 3.05) is 11.1 Å². The summed E-state index contributed by atoms with van der Waals surface area (Å²) < 4.78 is 13.6. The second kappa shape index (κ2) is 5.36. The number of rotatable bonds is 2. The minimum absolute atomic E-state index is 0.0734. The number of aromatic nitrogens is 1. The van der Waals surface area contributed by atoms with Gasteiger partial charge in [-0.25, -0.2) is 4.39 Å². The van der Waals surface area contributed by atoms with Crippen molar-refractivity contribution in [1.82, 2.24) is 4.98 Å². The van der Waals surface area contributed by atoms with Gasteiger partial charge >= 0.3 is 0 Å². The van der Waals surface area contributed by atoms with E-state index >= 15 is 0 Å². The Morgan fingerprint density at radius 1 is 1.37 bits per heavy atom. The number of pyridine rings is 1. The first kappa shape index (κ1) is 13.5. The normalized spacial score (nSPS) is 10.3. The van der Waals surface area contributed by atoms with Gasteiger partial charge in [-0.05, 0) is 46.6 Å². The lowest BCUT2D eigenvalue weighted by Gasteiger charge is -2.08. The fourth-order valence-electron chi connectivity index (χ4n) is 1.56. The van der Waals surface area contributed by atoms with Crippen molar-refractivity contribution in [3.05, 3.63) is 52.0 Å². The summed E-state index contributed by atoms with van der Waals surface area (Å²) in [5.41, 5.74) is 7.14. The largest absolute Gasteiger partial charge is 0.396 e. The minimum Gasteiger partial charge on any atom is -0.396 e. The Morgan fingerprint density at radius 3 is 2.79 bits per heavy atom. The van der Waals surface area contributed by atoms with Crippen LogP contribution in [0.25, 0.3) is 0 Å². The topological polar surface area (TPSA) is 68.0 Å². The molecule has 1 aromatic heterocycles. The number of amides is 1. The number of anilines is 2. The number of hydrogen-bond acceptors (Lipinski definition) is 3. The van der Waals surface area contributed by atoms with Crippen LogP contribution < -0.4 is 11.1 Å². The zero-order valence-electron chi connectivity index (χ0n) is 10.1. The maximum Gasteiger partial charge on any atom is 0.256 e. The number of halogens is 2. The predicted molar refractivity (Wildman–Crippen MR) is 75.4 cm³/mol. The van der Waals surface area contributed by atoms with Crippen molar-refractivity contribution in [3.8, 4) is 0 Å². The predicted octanol–water partition coefficient (Wildman–Crippen LogP) is 3.13. The van der Waals surface area contributed by atoms with E-state index in [9.17, 15) is 9.18 Å². The molecule has 19 heavy (non-hydrogen) atoms. The molecule has 0 unspecified atom stereocenters. The molecule has 0 bridgehead atoms. The highest BCUT2D eigenvalue weighted by molar-refractivity contribution is 9.10. The van der Waals surface area contributed by atoms with Crippen LogP contribution in [0.3, 0.4) is 0 Å². The summed E-state index contributed by atoms with van der Waals surface area (Å²) in [6.07, 6.45) is 3.22. The van der Waals surface area contributed by atoms with Crippen molar-refractivity contribution in [2.24, 2.45) is 0 Å². The molecule has 0 fully saturated rings. The minimum atomic E-state index is -0.569. The summed E-state index contributed by atoms with van der Waals surface area (Å²) in [5, 5.41) is 2.68. The van der Waals surface area contributed by atoms with Gasteiger partial charge in [-0.3, -0.25) is 9.78 Å². The first-order chi connectivity index (χ1) is 8.97. The van der Waals surface area contributed by atoms with Gasteiger partial charge in [-0.2, -0.15) is 0 Å². The molecule has 0 atom stereocenters. The molecule has 1 amide bonds. The average Bonchev–Trinajstić information content (AvgIpc) is 2.33. The van der Waals surface area contributed by atoms with E-state index in [1.165, 1.54) is 18.3 Å². The van der Waals surface area contributed by atoms with Crippen LogP contribution in [-0.2, 0) is 0 Å². The van der Waals surface area contributed by atoms with Crippen LogP contribution in [0.5, 0.6) is 0 Å². The van der Waals surface area contributed by atoms with Gasteiger partial charge in [0, 0.05) is 10.7 Å². The maximum atomic E-state index is 13.2. The standard InChI is InChI=1S/C13H11BrFN3O/c1-7-2-8(6-17-5-7)18-13(19)9-3-12(16)11(15)4-10(9)14/h2-6H,16H2,1H3,(H,18,19). The number of hydrogen-bond donors (Lipinski definition) is 2. The second-order valence-corrected chi connectivity index (χ2v) is 4.91. The van der Waals surface area contributed by atoms with Crippen LogP contribution in [0.4, 0.5) is 15.8 Å². The zero-order valence-corrected chi connectivity index (χ0v) is 11.7. The Bertz CT molecular complexity index is 646. The van der Waals surface area contributed by atoms with E-state index in [4.69, 9.17) is 5.73 Å². The number of nitrogen functional groups attached to an aromatic ring is 1. The van der Waals surface area contributed by atoms with Gasteiger partial charge in [0.15, 0.2) is 0 Å². The van der Waals surface area contributed by atoms with Crippen molar-refractivity contribution in [3.63, 3.8) is 0 Å². The number of nitrogens with two attached hydrogens (primary N) is 1. The fraction of sp³-hybridized carbons (Fsp3) is 0.0769. The summed E-state index contributed by atoms with van der Waals surface area (Å²) in [6, 6.07) is 4.24. The first-order valence-electron chi connectivity index (χ1n) is 5.45. The van der Waals surface area contributed by atoms with Crippen molar-refractivity contribution in [1.29, 1.82) is 0 Å². The molecule has 2 rings (SSSR count). The molecule has 0 radical (unpaired) electrons. The van der Waals surface area contributed by atoms with E-state index in [-0.39, 0.29) is 17.2 Å². The molecule has 0 aliphatic rings. The van der Waals surface area contributed by atoms with E-state index in [1.54, 1.807) is 12.3 Å². The highest BCUT2D eigenvalue weighted by Crippen LogP contribution is 2.23. The SMILES string of the molecule is Cc1cncc(NC(=O)c2cc(N)c(F)cc2Br)c1. The Balaban J connectivity index is 2.28. The molecule has 4 nitrogen and oxygen atoms in total. The number of nitrogens with zero attached hydrogens (tertiary/aromatic N) is 1. The zero-order chi connectivity index (χ0) is 14.0. The van der Waals surface area contributed by atoms with Crippen LogP contribution in [0.2, 0.25) is 0 Å². The van der Waals surface area contributed by atoms with Gasteiger partial charge in [0.2, 0.25) is 0 Å². The summed E-state index contributed by atoms with van der Waals surface area (Å²) in [7, 11) is 0. The Hall–Kier alpha value is -1.95. The summed E-state index contributed by atoms with van der Waals surface area (Å²) in [4.78, 5) is 16.0. The van der Waals surface area contributed by atoms with Gasteiger partial charge in [0.1, 0.15) is 5.82 Å². The third kappa shape index (κ3) is 3.08. The highest BCUT2D eigenvalue weighted by Gasteiger charge is 2.13. The third-order valence-electron chi connectivity index (χ3n) is 2.46. The number of aryl methyl sites for hydroxylation is 1. The smallest absolute Gasteiger partial charge is 0.256 e. The molecule has 2 aromatic rings. The Kier molecular flexibility index (Phi) is 3.80. The van der Waals surface area contributed by atoms with E-state index in [2.05, 4.69) is 26.2 Å². The second-order valence-electron chi connectivity index (χ2n) is 4.06. The number of nitrogens with one attached hydrogen (secondary N) is 1. The van der Waals surface area contributed by atoms with E-state index in [0.29, 0.717) is 10.2 Å². The number of benzene rings is 1. The van der Waals surface area contributed by atoms with Crippen molar-refractivity contribution in [2.45, 2.75) is 6.92 Å². The highest BCUT2D eigenvalue weighted by atomic mass is 79.9. The van der Waals surface area contributed by atoms with E-state index < -0.39 is 5.82 Å². The fourth-order valence-corrected chi connectivity index (χ4v) is 2.06. The van der Waals surface area contributed by atoms with Gasteiger partial charge in [0.25, 0.3) is 5.91 Å². The van der Waals surface area contributed by atoms with Crippen molar-refractivity contribution < 1.29 is 9.18 Å². The molecular weight excluding hydrogens is 313 g/mol. The van der Waals surface area contributed by atoms with Gasteiger partial charge < -0.3 is 11.1 Å². The lowest BCUT2D eigenvalue weighted by molar-refractivity contribution is 0.102. The average molecular weight is 324 g/mol. The van der Waals surface area contributed by atoms with Crippen LogP contribution in [0.15, 0.2) is 35.1 Å². The lowest BCUT2D eigenvalue weighted by Crippen LogP contribution is -2.13. The quantitative estimate of drug-likeness (QED) is 0.834.